The van der Waals surface area contributed by atoms with Crippen molar-refractivity contribution in [2.75, 3.05) is 0 Å². The van der Waals surface area contributed by atoms with Crippen molar-refractivity contribution in [3.63, 3.8) is 0 Å². The van der Waals surface area contributed by atoms with Gasteiger partial charge in [0, 0.05) is 0 Å². The molecule has 2 rings (SSSR count). The first-order valence-corrected chi connectivity index (χ1v) is 11.6. The zero-order valence-electron chi connectivity index (χ0n) is 17.2. The molecule has 0 aromatic heterocycles. The van der Waals surface area contributed by atoms with Gasteiger partial charge in [-0.25, -0.2) is 0 Å². The lowest BCUT2D eigenvalue weighted by atomic mass is 9.70. The van der Waals surface area contributed by atoms with Crippen LogP contribution in [0.1, 0.15) is 117 Å². The second-order valence-electron chi connectivity index (χ2n) is 8.83. The van der Waals surface area contributed by atoms with Gasteiger partial charge in [0.1, 0.15) is 0 Å². The maximum absolute atomic E-state index is 6.07. The van der Waals surface area contributed by atoms with Gasteiger partial charge in [-0.3, -0.25) is 0 Å². The minimum absolute atomic E-state index is 0.503. The molecule has 1 nitrogen and oxygen atoms in total. The van der Waals surface area contributed by atoms with E-state index < -0.39 is 0 Å². The predicted octanol–water partition coefficient (Wildman–Crippen LogP) is 8.04. The Kier molecular flexibility index (Phi) is 10.7. The van der Waals surface area contributed by atoms with E-state index in [9.17, 15) is 0 Å². The van der Waals surface area contributed by atoms with Crippen LogP contribution in [0.5, 0.6) is 0 Å². The van der Waals surface area contributed by atoms with Crippen LogP contribution >= 0.6 is 0 Å². The number of rotatable bonds is 11. The van der Waals surface area contributed by atoms with E-state index >= 15 is 0 Å². The van der Waals surface area contributed by atoms with Crippen LogP contribution in [0.25, 0.3) is 0 Å². The molecule has 146 valence electrons. The summed E-state index contributed by atoms with van der Waals surface area (Å²) in [5.41, 5.74) is 0. The van der Waals surface area contributed by atoms with Gasteiger partial charge in [0.25, 0.3) is 0 Å². The highest BCUT2D eigenvalue weighted by Crippen LogP contribution is 2.41. The van der Waals surface area contributed by atoms with E-state index in [4.69, 9.17) is 4.74 Å². The molecule has 2 aliphatic rings. The van der Waals surface area contributed by atoms with Crippen LogP contribution in [0.2, 0.25) is 0 Å². The first kappa shape index (κ1) is 20.8. The number of ether oxygens (including phenoxy) is 1. The van der Waals surface area contributed by atoms with E-state index in [0.29, 0.717) is 6.10 Å². The van der Waals surface area contributed by atoms with Gasteiger partial charge in [-0.05, 0) is 75.2 Å². The average molecular weight is 349 g/mol. The molecule has 0 aliphatic heterocycles. The highest BCUT2D eigenvalue weighted by molar-refractivity contribution is 4.84. The number of hydrogen-bond donors (Lipinski definition) is 0. The fourth-order valence-electron chi connectivity index (χ4n) is 5.10. The van der Waals surface area contributed by atoms with E-state index in [1.54, 1.807) is 0 Å². The summed E-state index contributed by atoms with van der Waals surface area (Å²) in [4.78, 5) is 0. The third kappa shape index (κ3) is 8.18. The summed E-state index contributed by atoms with van der Waals surface area (Å²) < 4.78 is 6.07. The quantitative estimate of drug-likeness (QED) is 0.271. The first-order chi connectivity index (χ1) is 12.3. The van der Waals surface area contributed by atoms with Crippen molar-refractivity contribution in [1.82, 2.24) is 0 Å². The lowest BCUT2D eigenvalue weighted by Gasteiger charge is -2.38. The largest absolute Gasteiger partial charge is 0.498 e. The number of unbranched alkanes of at least 4 members (excludes halogenated alkanes) is 5. The average Bonchev–Trinajstić information content (AvgIpc) is 2.66. The Balaban J connectivity index is 1.62. The molecule has 0 amide bonds. The molecule has 2 fully saturated rings. The Morgan fingerprint density at radius 2 is 1.60 bits per heavy atom. The summed E-state index contributed by atoms with van der Waals surface area (Å²) in [6, 6.07) is 0. The molecule has 0 saturated heterocycles. The van der Waals surface area contributed by atoms with Crippen LogP contribution in [0, 0.1) is 17.8 Å². The maximum Gasteiger partial charge on any atom is 0.0981 e. The molecule has 0 aromatic rings. The fraction of sp³-hybridized carbons (Fsp3) is 0.917. The summed E-state index contributed by atoms with van der Waals surface area (Å²) in [6.07, 6.45) is 27.2. The van der Waals surface area contributed by atoms with Crippen LogP contribution < -0.4 is 0 Å². The van der Waals surface area contributed by atoms with Crippen LogP contribution in [-0.4, -0.2) is 6.10 Å². The smallest absolute Gasteiger partial charge is 0.0981 e. The zero-order chi connectivity index (χ0) is 17.7. The molecule has 2 aliphatic carbocycles. The van der Waals surface area contributed by atoms with Gasteiger partial charge >= 0.3 is 0 Å². The molecule has 0 N–H and O–H groups in total. The summed E-state index contributed by atoms with van der Waals surface area (Å²) in [5, 5.41) is 0. The molecule has 0 spiro atoms. The van der Waals surface area contributed by atoms with Crippen molar-refractivity contribution in [3.05, 3.63) is 12.3 Å². The minimum Gasteiger partial charge on any atom is -0.498 e. The van der Waals surface area contributed by atoms with E-state index in [0.717, 1.165) is 17.8 Å². The molecule has 0 aromatic carbocycles. The van der Waals surface area contributed by atoms with Crippen LogP contribution in [0.15, 0.2) is 12.3 Å². The third-order valence-corrected chi connectivity index (χ3v) is 6.78. The molecule has 2 atom stereocenters. The van der Waals surface area contributed by atoms with Gasteiger partial charge in [0.2, 0.25) is 0 Å². The SMILES string of the molecule is CCCCC=CO[C@@H]1CCC[C@@H](C2CCC(CCCCCC)CC2)C1. The monoisotopic (exact) mass is 348 g/mol. The molecule has 0 bridgehead atoms. The minimum atomic E-state index is 0.503. The lowest BCUT2D eigenvalue weighted by molar-refractivity contribution is 0.0509. The van der Waals surface area contributed by atoms with Crippen molar-refractivity contribution in [1.29, 1.82) is 0 Å². The summed E-state index contributed by atoms with van der Waals surface area (Å²) in [5.74, 6) is 3.00. The van der Waals surface area contributed by atoms with Crippen molar-refractivity contribution in [2.45, 2.75) is 123 Å². The molecule has 2 saturated carbocycles. The fourth-order valence-corrected chi connectivity index (χ4v) is 5.10. The maximum atomic E-state index is 6.07. The molecular formula is C24H44O. The van der Waals surface area contributed by atoms with Gasteiger partial charge in [-0.15, -0.1) is 0 Å². The van der Waals surface area contributed by atoms with E-state index in [1.165, 1.54) is 103 Å². The predicted molar refractivity (Wildman–Crippen MR) is 110 cm³/mol. The van der Waals surface area contributed by atoms with Crippen molar-refractivity contribution in [3.8, 4) is 0 Å². The Morgan fingerprint density at radius 1 is 0.800 bits per heavy atom. The van der Waals surface area contributed by atoms with Crippen molar-refractivity contribution < 1.29 is 4.74 Å². The Bertz CT molecular complexity index is 340. The van der Waals surface area contributed by atoms with Crippen molar-refractivity contribution in [2.24, 2.45) is 17.8 Å². The van der Waals surface area contributed by atoms with Crippen molar-refractivity contribution >= 4 is 0 Å². The first-order valence-electron chi connectivity index (χ1n) is 11.6. The second-order valence-corrected chi connectivity index (χ2v) is 8.83. The Hall–Kier alpha value is -0.460. The Labute approximate surface area is 158 Å². The molecule has 0 radical (unpaired) electrons. The zero-order valence-corrected chi connectivity index (χ0v) is 17.2. The molecule has 25 heavy (non-hydrogen) atoms. The van der Waals surface area contributed by atoms with E-state index in [2.05, 4.69) is 19.9 Å². The summed E-state index contributed by atoms with van der Waals surface area (Å²) in [6.45, 7) is 4.56. The van der Waals surface area contributed by atoms with Gasteiger partial charge in [-0.2, -0.15) is 0 Å². The van der Waals surface area contributed by atoms with Gasteiger partial charge in [0.05, 0.1) is 12.4 Å². The topological polar surface area (TPSA) is 9.23 Å². The Morgan fingerprint density at radius 3 is 2.36 bits per heavy atom. The normalized spacial score (nSPS) is 30.6. The van der Waals surface area contributed by atoms with Gasteiger partial charge < -0.3 is 4.74 Å². The summed E-state index contributed by atoms with van der Waals surface area (Å²) >= 11 is 0. The number of hydrogen-bond acceptors (Lipinski definition) is 1. The van der Waals surface area contributed by atoms with Crippen LogP contribution in [0.3, 0.4) is 0 Å². The molecular weight excluding hydrogens is 304 g/mol. The molecule has 1 heteroatoms. The second kappa shape index (κ2) is 12.8. The third-order valence-electron chi connectivity index (χ3n) is 6.78. The highest BCUT2D eigenvalue weighted by Gasteiger charge is 2.31. The van der Waals surface area contributed by atoms with Crippen LogP contribution in [0.4, 0.5) is 0 Å². The van der Waals surface area contributed by atoms with Gasteiger partial charge in [0.15, 0.2) is 0 Å². The standard InChI is InChI=1S/C24H44O/c1-3-5-7-9-12-21-15-17-22(18-16-21)23-13-11-14-24(20-23)25-19-10-8-6-4-2/h10,19,21-24H,3-9,11-18,20H2,1-2H3/t21?,22?,23-,24-/m1/s1. The molecule has 0 heterocycles. The highest BCUT2D eigenvalue weighted by atomic mass is 16.5. The number of allylic oxidation sites excluding steroid dienone is 1. The van der Waals surface area contributed by atoms with Gasteiger partial charge in [-0.1, -0.05) is 65.2 Å². The molecule has 0 unspecified atom stereocenters. The van der Waals surface area contributed by atoms with E-state index in [1.807, 2.05) is 6.26 Å². The lowest BCUT2D eigenvalue weighted by Crippen LogP contribution is -2.29. The summed E-state index contributed by atoms with van der Waals surface area (Å²) in [7, 11) is 0. The van der Waals surface area contributed by atoms with Crippen LogP contribution in [-0.2, 0) is 4.74 Å². The van der Waals surface area contributed by atoms with E-state index in [-0.39, 0.29) is 0 Å².